The summed E-state index contributed by atoms with van der Waals surface area (Å²) >= 11 is 18.0. The van der Waals surface area contributed by atoms with Crippen molar-refractivity contribution in [2.45, 2.75) is 0 Å². The highest BCUT2D eigenvalue weighted by Crippen LogP contribution is 2.32. The zero-order valence-electron chi connectivity index (χ0n) is 8.63. The van der Waals surface area contributed by atoms with Gasteiger partial charge in [-0.25, -0.2) is 4.79 Å². The number of aromatic nitrogens is 1. The molecular weight excluding hydrogens is 284 g/mol. The number of hydrogen-bond donors (Lipinski definition) is 0. The minimum Gasteiger partial charge on any atom is -0.465 e. The normalized spacial score (nSPS) is 10.6. The van der Waals surface area contributed by atoms with Gasteiger partial charge < -0.3 is 4.74 Å². The molecule has 0 spiro atoms. The molecule has 1 aromatic carbocycles. The average molecular weight is 291 g/mol. The van der Waals surface area contributed by atoms with Gasteiger partial charge in [0.05, 0.1) is 28.2 Å². The predicted molar refractivity (Wildman–Crippen MR) is 68.1 cm³/mol. The van der Waals surface area contributed by atoms with E-state index in [1.54, 1.807) is 12.1 Å². The molecule has 0 saturated heterocycles. The molecule has 0 atom stereocenters. The molecule has 0 radical (unpaired) electrons. The SMILES string of the molecule is COC(=O)c1cnc2c(Cl)cc(Cl)cc2c1Cl. The molecule has 2 rings (SSSR count). The van der Waals surface area contributed by atoms with Crippen LogP contribution in [-0.2, 0) is 4.74 Å². The van der Waals surface area contributed by atoms with Gasteiger partial charge in [-0.3, -0.25) is 4.98 Å². The standard InChI is InChI=1S/C11H6Cl3NO2/c1-17-11(16)7-4-15-10-6(9(7)14)2-5(12)3-8(10)13/h2-4H,1H3. The number of carbonyl (C=O) groups is 1. The fourth-order valence-corrected chi connectivity index (χ4v) is 2.26. The number of methoxy groups -OCH3 is 1. The number of ether oxygens (including phenoxy) is 1. The van der Waals surface area contributed by atoms with Gasteiger partial charge in [-0.15, -0.1) is 0 Å². The van der Waals surface area contributed by atoms with Crippen molar-refractivity contribution in [3.8, 4) is 0 Å². The summed E-state index contributed by atoms with van der Waals surface area (Å²) in [5.74, 6) is -0.555. The summed E-state index contributed by atoms with van der Waals surface area (Å²) in [5, 5.41) is 1.55. The van der Waals surface area contributed by atoms with Gasteiger partial charge in [0.1, 0.15) is 0 Å². The summed E-state index contributed by atoms with van der Waals surface area (Å²) in [6, 6.07) is 3.16. The van der Waals surface area contributed by atoms with Crippen molar-refractivity contribution in [1.82, 2.24) is 4.98 Å². The Morgan fingerprint density at radius 3 is 2.65 bits per heavy atom. The molecule has 0 N–H and O–H groups in total. The van der Waals surface area contributed by atoms with E-state index in [4.69, 9.17) is 34.8 Å². The first-order valence-electron chi connectivity index (χ1n) is 4.56. The number of esters is 1. The molecule has 0 unspecified atom stereocenters. The van der Waals surface area contributed by atoms with Crippen LogP contribution in [0.2, 0.25) is 15.1 Å². The van der Waals surface area contributed by atoms with Gasteiger partial charge in [0.25, 0.3) is 0 Å². The summed E-state index contributed by atoms with van der Waals surface area (Å²) in [6.07, 6.45) is 1.33. The third kappa shape index (κ3) is 2.18. The third-order valence-corrected chi connectivity index (χ3v) is 3.14. The fraction of sp³-hybridized carbons (Fsp3) is 0.0909. The molecule has 88 valence electrons. The van der Waals surface area contributed by atoms with Crippen LogP contribution < -0.4 is 0 Å². The largest absolute Gasteiger partial charge is 0.465 e. The van der Waals surface area contributed by atoms with Gasteiger partial charge in [-0.2, -0.15) is 0 Å². The lowest BCUT2D eigenvalue weighted by atomic mass is 10.1. The third-order valence-electron chi connectivity index (χ3n) is 2.23. The van der Waals surface area contributed by atoms with Crippen LogP contribution in [0.5, 0.6) is 0 Å². The number of halogens is 3. The summed E-state index contributed by atoms with van der Waals surface area (Å²) in [7, 11) is 1.27. The first-order valence-corrected chi connectivity index (χ1v) is 5.69. The average Bonchev–Trinajstić information content (AvgIpc) is 2.29. The minimum atomic E-state index is -0.555. The van der Waals surface area contributed by atoms with Gasteiger partial charge in [0, 0.05) is 16.6 Å². The second kappa shape index (κ2) is 4.69. The maximum Gasteiger partial charge on any atom is 0.340 e. The first-order chi connectivity index (χ1) is 8.04. The van der Waals surface area contributed by atoms with Crippen molar-refractivity contribution >= 4 is 51.7 Å². The number of nitrogens with zero attached hydrogens (tertiary/aromatic N) is 1. The van der Waals surface area contributed by atoms with Crippen molar-refractivity contribution in [1.29, 1.82) is 0 Å². The number of carbonyl (C=O) groups excluding carboxylic acids is 1. The van der Waals surface area contributed by atoms with Crippen molar-refractivity contribution in [2.75, 3.05) is 7.11 Å². The highest BCUT2D eigenvalue weighted by atomic mass is 35.5. The lowest BCUT2D eigenvalue weighted by Gasteiger charge is -2.07. The molecule has 0 aliphatic heterocycles. The molecule has 0 fully saturated rings. The molecule has 0 aliphatic carbocycles. The van der Waals surface area contributed by atoms with Crippen molar-refractivity contribution in [2.24, 2.45) is 0 Å². The molecule has 3 nitrogen and oxygen atoms in total. The van der Waals surface area contributed by atoms with Crippen molar-refractivity contribution in [3.63, 3.8) is 0 Å². The minimum absolute atomic E-state index is 0.181. The Hall–Kier alpha value is -1.03. The lowest BCUT2D eigenvalue weighted by molar-refractivity contribution is 0.0600. The van der Waals surface area contributed by atoms with Crippen LogP contribution in [0.1, 0.15) is 10.4 Å². The zero-order chi connectivity index (χ0) is 12.6. The highest BCUT2D eigenvalue weighted by Gasteiger charge is 2.16. The van der Waals surface area contributed by atoms with Crippen LogP contribution in [0.15, 0.2) is 18.3 Å². The molecule has 17 heavy (non-hydrogen) atoms. The first kappa shape index (κ1) is 12.4. The van der Waals surface area contributed by atoms with Gasteiger partial charge in [-0.1, -0.05) is 34.8 Å². The van der Waals surface area contributed by atoms with Crippen LogP contribution in [0.25, 0.3) is 10.9 Å². The summed E-state index contributed by atoms with van der Waals surface area (Å²) in [4.78, 5) is 15.5. The van der Waals surface area contributed by atoms with Gasteiger partial charge in [0.2, 0.25) is 0 Å². The number of hydrogen-bond acceptors (Lipinski definition) is 3. The lowest BCUT2D eigenvalue weighted by Crippen LogP contribution is -2.03. The summed E-state index contributed by atoms with van der Waals surface area (Å²) in [5.41, 5.74) is 0.675. The molecule has 1 heterocycles. The molecule has 0 bridgehead atoms. The molecule has 1 aromatic heterocycles. The monoisotopic (exact) mass is 289 g/mol. The Kier molecular flexibility index (Phi) is 3.43. The van der Waals surface area contributed by atoms with E-state index >= 15 is 0 Å². The molecule has 0 aliphatic rings. The Labute approximate surface area is 112 Å². The van der Waals surface area contributed by atoms with E-state index in [1.807, 2.05) is 0 Å². The van der Waals surface area contributed by atoms with E-state index in [-0.39, 0.29) is 10.6 Å². The number of benzene rings is 1. The van der Waals surface area contributed by atoms with E-state index in [0.29, 0.717) is 20.9 Å². The second-order valence-corrected chi connectivity index (χ2v) is 4.48. The van der Waals surface area contributed by atoms with Crippen LogP contribution in [0.3, 0.4) is 0 Å². The van der Waals surface area contributed by atoms with Crippen LogP contribution >= 0.6 is 34.8 Å². The van der Waals surface area contributed by atoms with Gasteiger partial charge in [-0.05, 0) is 12.1 Å². The van der Waals surface area contributed by atoms with Crippen molar-refractivity contribution < 1.29 is 9.53 Å². The van der Waals surface area contributed by atoms with E-state index in [9.17, 15) is 4.79 Å². The van der Waals surface area contributed by atoms with Crippen molar-refractivity contribution in [3.05, 3.63) is 39.0 Å². The number of pyridine rings is 1. The van der Waals surface area contributed by atoms with Crippen LogP contribution in [0.4, 0.5) is 0 Å². The topological polar surface area (TPSA) is 39.2 Å². The molecule has 2 aromatic rings. The zero-order valence-corrected chi connectivity index (χ0v) is 10.9. The van der Waals surface area contributed by atoms with E-state index in [1.165, 1.54) is 13.3 Å². The molecule has 0 saturated carbocycles. The fourth-order valence-electron chi connectivity index (χ4n) is 1.45. The Bertz CT molecular complexity index is 613. The summed E-state index contributed by atoms with van der Waals surface area (Å²) in [6.45, 7) is 0. The molecule has 0 amide bonds. The molecular formula is C11H6Cl3NO2. The Morgan fingerprint density at radius 1 is 1.29 bits per heavy atom. The maximum atomic E-state index is 11.4. The maximum absolute atomic E-state index is 11.4. The Balaban J connectivity index is 2.79. The van der Waals surface area contributed by atoms with Gasteiger partial charge in [0.15, 0.2) is 0 Å². The summed E-state index contributed by atoms with van der Waals surface area (Å²) < 4.78 is 4.60. The second-order valence-electron chi connectivity index (χ2n) is 3.26. The highest BCUT2D eigenvalue weighted by molar-refractivity contribution is 6.42. The quantitative estimate of drug-likeness (QED) is 0.746. The smallest absolute Gasteiger partial charge is 0.340 e. The van der Waals surface area contributed by atoms with E-state index in [0.717, 1.165) is 0 Å². The molecule has 6 heteroatoms. The van der Waals surface area contributed by atoms with Crippen LogP contribution in [0, 0.1) is 0 Å². The predicted octanol–water partition coefficient (Wildman–Crippen LogP) is 3.98. The van der Waals surface area contributed by atoms with E-state index in [2.05, 4.69) is 9.72 Å². The number of rotatable bonds is 1. The number of fused-ring (bicyclic) bond motifs is 1. The Morgan fingerprint density at radius 2 is 2.00 bits per heavy atom. The van der Waals surface area contributed by atoms with Gasteiger partial charge >= 0.3 is 5.97 Å². The van der Waals surface area contributed by atoms with Crippen LogP contribution in [-0.4, -0.2) is 18.1 Å². The van der Waals surface area contributed by atoms with E-state index < -0.39 is 5.97 Å².